The lowest BCUT2D eigenvalue weighted by Crippen LogP contribution is -2.22. The lowest BCUT2D eigenvalue weighted by atomic mass is 9.96. The topological polar surface area (TPSA) is 55.9 Å². The highest BCUT2D eigenvalue weighted by molar-refractivity contribution is 5.68. The maximum Gasteiger partial charge on any atom is 0.123 e. The molecule has 0 amide bonds. The van der Waals surface area contributed by atoms with Crippen molar-refractivity contribution in [3.05, 3.63) is 59.3 Å². The quantitative estimate of drug-likeness (QED) is 0.728. The number of aliphatic hydroxyl groups is 1. The molecule has 0 aliphatic heterocycles. The van der Waals surface area contributed by atoms with Crippen LogP contribution in [0, 0.1) is 5.82 Å². The molecule has 0 unspecified atom stereocenters. The van der Waals surface area contributed by atoms with Gasteiger partial charge in [-0.05, 0) is 63.9 Å². The molecule has 1 N–H and O–H groups in total. The van der Waals surface area contributed by atoms with Gasteiger partial charge in [-0.2, -0.15) is 10.2 Å². The second-order valence-electron chi connectivity index (χ2n) is 7.91. The monoisotopic (exact) mass is 370 g/mol. The van der Waals surface area contributed by atoms with Gasteiger partial charge in [0.05, 0.1) is 23.5 Å². The van der Waals surface area contributed by atoms with Crippen LogP contribution in [0.1, 0.15) is 57.4 Å². The largest absolute Gasteiger partial charge is 0.389 e. The zero-order valence-electron chi connectivity index (χ0n) is 16.6. The summed E-state index contributed by atoms with van der Waals surface area (Å²) in [7, 11) is 0. The number of nitrogens with zero attached hydrogens (tertiary/aromatic N) is 4. The van der Waals surface area contributed by atoms with Crippen LogP contribution in [0.2, 0.25) is 0 Å². The van der Waals surface area contributed by atoms with Gasteiger partial charge in [0.25, 0.3) is 0 Å². The number of hydrogen-bond acceptors (Lipinski definition) is 3. The second-order valence-corrected chi connectivity index (χ2v) is 7.91. The molecule has 0 aliphatic carbocycles. The first-order chi connectivity index (χ1) is 12.7. The Labute approximate surface area is 159 Å². The highest BCUT2D eigenvalue weighted by atomic mass is 19.1. The van der Waals surface area contributed by atoms with E-state index in [2.05, 4.69) is 25.9 Å². The summed E-state index contributed by atoms with van der Waals surface area (Å²) in [6.07, 6.45) is 5.81. The van der Waals surface area contributed by atoms with Crippen molar-refractivity contribution >= 4 is 0 Å². The van der Waals surface area contributed by atoms with Gasteiger partial charge in [0, 0.05) is 36.5 Å². The lowest BCUT2D eigenvalue weighted by Gasteiger charge is -2.19. The molecular weight excluding hydrogens is 343 g/mol. The van der Waals surface area contributed by atoms with Crippen molar-refractivity contribution < 1.29 is 9.50 Å². The van der Waals surface area contributed by atoms with Crippen LogP contribution >= 0.6 is 0 Å². The molecule has 0 radical (unpaired) electrons. The molecule has 144 valence electrons. The highest BCUT2D eigenvalue weighted by Crippen LogP contribution is 2.32. The summed E-state index contributed by atoms with van der Waals surface area (Å²) in [5.41, 5.74) is 3.99. The van der Waals surface area contributed by atoms with E-state index in [0.717, 1.165) is 28.9 Å². The summed E-state index contributed by atoms with van der Waals surface area (Å²) in [6.45, 7) is 10.8. The molecule has 0 spiro atoms. The standard InChI is InChI=1S/C21H27FN4O/c1-6-25-12-15(11-23-25)9-16-13-26(21(3,4)5)24-20(16)18-8-7-17(22)10-19(18)14(2)27/h7-8,10-14,27H,6,9H2,1-5H3/t14-/m1/s1. The summed E-state index contributed by atoms with van der Waals surface area (Å²) in [5, 5.41) is 19.3. The number of halogens is 1. The third-order valence-electron chi connectivity index (χ3n) is 4.60. The van der Waals surface area contributed by atoms with E-state index in [0.29, 0.717) is 12.0 Å². The van der Waals surface area contributed by atoms with Gasteiger partial charge >= 0.3 is 0 Å². The van der Waals surface area contributed by atoms with Crippen molar-refractivity contribution in [2.75, 3.05) is 0 Å². The summed E-state index contributed by atoms with van der Waals surface area (Å²) >= 11 is 0. The first-order valence-corrected chi connectivity index (χ1v) is 9.27. The van der Waals surface area contributed by atoms with E-state index in [1.807, 2.05) is 34.9 Å². The number of hydrogen-bond donors (Lipinski definition) is 1. The van der Waals surface area contributed by atoms with Crippen molar-refractivity contribution in [1.82, 2.24) is 19.6 Å². The van der Waals surface area contributed by atoms with Gasteiger partial charge in [0.15, 0.2) is 0 Å². The zero-order valence-corrected chi connectivity index (χ0v) is 16.6. The molecule has 0 saturated carbocycles. The molecule has 2 aromatic heterocycles. The van der Waals surface area contributed by atoms with Crippen LogP contribution in [-0.2, 0) is 18.5 Å². The number of aliphatic hydroxyl groups excluding tert-OH is 1. The molecular formula is C21H27FN4O. The van der Waals surface area contributed by atoms with Crippen LogP contribution in [0.4, 0.5) is 4.39 Å². The van der Waals surface area contributed by atoms with E-state index < -0.39 is 6.10 Å². The minimum Gasteiger partial charge on any atom is -0.389 e. The van der Waals surface area contributed by atoms with Crippen molar-refractivity contribution in [1.29, 1.82) is 0 Å². The molecule has 0 fully saturated rings. The minimum absolute atomic E-state index is 0.189. The Bertz CT molecular complexity index is 934. The molecule has 3 aromatic rings. The fourth-order valence-corrected chi connectivity index (χ4v) is 3.09. The predicted molar refractivity (Wildman–Crippen MR) is 104 cm³/mol. The van der Waals surface area contributed by atoms with Gasteiger partial charge in [-0.15, -0.1) is 0 Å². The van der Waals surface area contributed by atoms with Gasteiger partial charge < -0.3 is 5.11 Å². The molecule has 1 aromatic carbocycles. The number of benzene rings is 1. The summed E-state index contributed by atoms with van der Waals surface area (Å²) in [4.78, 5) is 0. The van der Waals surface area contributed by atoms with Crippen LogP contribution in [0.5, 0.6) is 0 Å². The van der Waals surface area contributed by atoms with E-state index in [9.17, 15) is 9.50 Å². The zero-order chi connectivity index (χ0) is 19.8. The second kappa shape index (κ2) is 7.27. The van der Waals surface area contributed by atoms with Gasteiger partial charge in [-0.25, -0.2) is 4.39 Å². The molecule has 0 bridgehead atoms. The van der Waals surface area contributed by atoms with Gasteiger partial charge in [-0.3, -0.25) is 9.36 Å². The Hall–Kier alpha value is -2.47. The smallest absolute Gasteiger partial charge is 0.123 e. The fourth-order valence-electron chi connectivity index (χ4n) is 3.09. The van der Waals surface area contributed by atoms with Crippen molar-refractivity contribution in [2.45, 2.75) is 59.2 Å². The van der Waals surface area contributed by atoms with E-state index >= 15 is 0 Å². The minimum atomic E-state index is -0.786. The Morgan fingerprint density at radius 1 is 1.22 bits per heavy atom. The van der Waals surface area contributed by atoms with Gasteiger partial charge in [0.2, 0.25) is 0 Å². The molecule has 0 aliphatic rings. The highest BCUT2D eigenvalue weighted by Gasteiger charge is 2.22. The Kier molecular flexibility index (Phi) is 5.20. The maximum atomic E-state index is 13.8. The van der Waals surface area contributed by atoms with E-state index in [1.54, 1.807) is 13.0 Å². The van der Waals surface area contributed by atoms with Crippen LogP contribution in [0.15, 0.2) is 36.8 Å². The number of aryl methyl sites for hydroxylation is 1. The first-order valence-electron chi connectivity index (χ1n) is 9.27. The van der Waals surface area contributed by atoms with Crippen LogP contribution in [0.25, 0.3) is 11.3 Å². The third kappa shape index (κ3) is 4.11. The summed E-state index contributed by atoms with van der Waals surface area (Å²) in [5.74, 6) is -0.365. The van der Waals surface area contributed by atoms with Crippen molar-refractivity contribution in [3.8, 4) is 11.3 Å². The molecule has 3 rings (SSSR count). The third-order valence-corrected chi connectivity index (χ3v) is 4.60. The first kappa shape index (κ1) is 19.3. The van der Waals surface area contributed by atoms with Crippen molar-refractivity contribution in [3.63, 3.8) is 0 Å². The fraction of sp³-hybridized carbons (Fsp3) is 0.429. The molecule has 6 heteroatoms. The van der Waals surface area contributed by atoms with E-state index in [1.165, 1.54) is 12.1 Å². The van der Waals surface area contributed by atoms with Crippen molar-refractivity contribution in [2.24, 2.45) is 0 Å². The SMILES string of the molecule is CCn1cc(Cc2cn(C(C)(C)C)nc2-c2ccc(F)cc2[C@@H](C)O)cn1. The molecule has 2 heterocycles. The maximum absolute atomic E-state index is 13.8. The van der Waals surface area contributed by atoms with E-state index in [4.69, 9.17) is 5.10 Å². The van der Waals surface area contributed by atoms with Crippen LogP contribution < -0.4 is 0 Å². The lowest BCUT2D eigenvalue weighted by molar-refractivity contribution is 0.199. The average Bonchev–Trinajstić information content (AvgIpc) is 3.21. The molecule has 0 saturated heterocycles. The molecule has 5 nitrogen and oxygen atoms in total. The van der Waals surface area contributed by atoms with Crippen LogP contribution in [-0.4, -0.2) is 24.7 Å². The Morgan fingerprint density at radius 3 is 2.56 bits per heavy atom. The summed E-state index contributed by atoms with van der Waals surface area (Å²) in [6, 6.07) is 4.50. The average molecular weight is 370 g/mol. The van der Waals surface area contributed by atoms with Crippen LogP contribution in [0.3, 0.4) is 0 Å². The summed E-state index contributed by atoms with van der Waals surface area (Å²) < 4.78 is 17.6. The number of rotatable bonds is 5. The molecule has 27 heavy (non-hydrogen) atoms. The van der Waals surface area contributed by atoms with Gasteiger partial charge in [0.1, 0.15) is 5.82 Å². The molecule has 1 atom stereocenters. The Morgan fingerprint density at radius 2 is 1.96 bits per heavy atom. The predicted octanol–water partition coefficient (Wildman–Crippen LogP) is 4.30. The van der Waals surface area contributed by atoms with Gasteiger partial charge in [-0.1, -0.05) is 0 Å². The normalized spacial score (nSPS) is 13.1. The van der Waals surface area contributed by atoms with E-state index in [-0.39, 0.29) is 11.4 Å². The Balaban J connectivity index is 2.12. The number of aromatic nitrogens is 4.